The van der Waals surface area contributed by atoms with Gasteiger partial charge in [-0.05, 0) is 11.6 Å². The molecule has 2 rings (SSSR count). The van der Waals surface area contributed by atoms with Gasteiger partial charge in [0, 0.05) is 6.54 Å². The molecule has 13 heavy (non-hydrogen) atoms. The first kappa shape index (κ1) is 8.00. The Morgan fingerprint density at radius 3 is 3.00 bits per heavy atom. The number of anilines is 1. The highest BCUT2D eigenvalue weighted by Crippen LogP contribution is 2.22. The molecule has 5 nitrogen and oxygen atoms in total. The maximum absolute atomic E-state index is 10.6. The SMILES string of the molecule is O=[N+]([O-])N1CNCc2ccccc21. The molecule has 1 aliphatic heterocycles. The molecule has 0 bridgehead atoms. The van der Waals surface area contributed by atoms with Gasteiger partial charge in [0.05, 0.1) is 0 Å². The summed E-state index contributed by atoms with van der Waals surface area (Å²) in [5.74, 6) is 0. The smallest absolute Gasteiger partial charge is 0.166 e. The van der Waals surface area contributed by atoms with Crippen molar-refractivity contribution in [1.82, 2.24) is 5.32 Å². The van der Waals surface area contributed by atoms with Gasteiger partial charge in [-0.2, -0.15) is 0 Å². The zero-order valence-electron chi connectivity index (χ0n) is 6.93. The molecule has 1 N–H and O–H groups in total. The summed E-state index contributed by atoms with van der Waals surface area (Å²) >= 11 is 0. The summed E-state index contributed by atoms with van der Waals surface area (Å²) in [5, 5.41) is 14.3. The minimum Gasteiger partial charge on any atom is -0.291 e. The molecule has 0 unspecified atom stereocenters. The van der Waals surface area contributed by atoms with Crippen LogP contribution in [0, 0.1) is 10.1 Å². The van der Waals surface area contributed by atoms with Crippen LogP contribution in [0.1, 0.15) is 5.56 Å². The molecule has 0 saturated heterocycles. The fraction of sp³-hybridized carbons (Fsp3) is 0.250. The molecule has 1 heterocycles. The minimum absolute atomic E-state index is 0.268. The Balaban J connectivity index is 2.42. The van der Waals surface area contributed by atoms with Gasteiger partial charge in [-0.15, -0.1) is 0 Å². The summed E-state index contributed by atoms with van der Waals surface area (Å²) in [6, 6.07) is 7.33. The van der Waals surface area contributed by atoms with E-state index < -0.39 is 5.03 Å². The normalized spacial score (nSPS) is 15.2. The second kappa shape index (κ2) is 3.02. The third-order valence-electron chi connectivity index (χ3n) is 2.04. The Hall–Kier alpha value is -1.62. The number of benzene rings is 1. The van der Waals surface area contributed by atoms with E-state index in [2.05, 4.69) is 5.32 Å². The molecule has 68 valence electrons. The third kappa shape index (κ3) is 1.33. The molecule has 1 aliphatic rings. The van der Waals surface area contributed by atoms with Crippen molar-refractivity contribution in [3.05, 3.63) is 39.9 Å². The van der Waals surface area contributed by atoms with Gasteiger partial charge in [0.25, 0.3) is 0 Å². The summed E-state index contributed by atoms with van der Waals surface area (Å²) in [4.78, 5) is 10.6. The molecule has 1 aromatic rings. The van der Waals surface area contributed by atoms with Crippen LogP contribution in [0.4, 0.5) is 5.69 Å². The van der Waals surface area contributed by atoms with Gasteiger partial charge in [0.15, 0.2) is 5.03 Å². The number of nitrogens with zero attached hydrogens (tertiary/aromatic N) is 2. The molecule has 0 spiro atoms. The van der Waals surface area contributed by atoms with E-state index in [0.29, 0.717) is 12.2 Å². The van der Waals surface area contributed by atoms with E-state index in [4.69, 9.17) is 0 Å². The monoisotopic (exact) mass is 179 g/mol. The van der Waals surface area contributed by atoms with E-state index in [-0.39, 0.29) is 6.67 Å². The fourth-order valence-electron chi connectivity index (χ4n) is 1.44. The summed E-state index contributed by atoms with van der Waals surface area (Å²) in [6.45, 7) is 0.963. The van der Waals surface area contributed by atoms with Crippen LogP contribution in [0.3, 0.4) is 0 Å². The summed E-state index contributed by atoms with van der Waals surface area (Å²) in [5.41, 5.74) is 1.65. The van der Waals surface area contributed by atoms with Crippen molar-refractivity contribution in [1.29, 1.82) is 0 Å². The maximum Gasteiger partial charge on any atom is 0.166 e. The molecule has 0 aliphatic carbocycles. The summed E-state index contributed by atoms with van der Waals surface area (Å²) in [7, 11) is 0. The van der Waals surface area contributed by atoms with Crippen molar-refractivity contribution >= 4 is 5.69 Å². The lowest BCUT2D eigenvalue weighted by molar-refractivity contribution is -0.496. The van der Waals surface area contributed by atoms with Crippen molar-refractivity contribution in [2.45, 2.75) is 6.54 Å². The third-order valence-corrected chi connectivity index (χ3v) is 2.04. The number of nitrogens with one attached hydrogen (secondary N) is 1. The number of hydrogen-bond acceptors (Lipinski definition) is 3. The Morgan fingerprint density at radius 1 is 1.46 bits per heavy atom. The largest absolute Gasteiger partial charge is 0.291 e. The predicted octanol–water partition coefficient (Wildman–Crippen LogP) is 0.745. The first-order valence-electron chi connectivity index (χ1n) is 3.99. The fourth-order valence-corrected chi connectivity index (χ4v) is 1.44. The van der Waals surface area contributed by atoms with Gasteiger partial charge in [-0.25, -0.2) is 10.1 Å². The average Bonchev–Trinajstić information content (AvgIpc) is 2.17. The zero-order valence-corrected chi connectivity index (χ0v) is 6.93. The highest BCUT2D eigenvalue weighted by atomic mass is 16.7. The molecule has 0 atom stereocenters. The molecule has 0 aromatic heterocycles. The number of nitro groups is 1. The van der Waals surface area contributed by atoms with E-state index in [1.54, 1.807) is 12.1 Å². The Morgan fingerprint density at radius 2 is 2.23 bits per heavy atom. The maximum atomic E-state index is 10.6. The van der Waals surface area contributed by atoms with Gasteiger partial charge in [-0.1, -0.05) is 23.2 Å². The molecule has 0 radical (unpaired) electrons. The average molecular weight is 179 g/mol. The molecule has 5 heteroatoms. The highest BCUT2D eigenvalue weighted by Gasteiger charge is 2.23. The van der Waals surface area contributed by atoms with Crippen molar-refractivity contribution in [3.8, 4) is 0 Å². The van der Waals surface area contributed by atoms with E-state index in [1.807, 2.05) is 12.1 Å². The van der Waals surface area contributed by atoms with E-state index in [0.717, 1.165) is 10.6 Å². The van der Waals surface area contributed by atoms with Crippen molar-refractivity contribution < 1.29 is 5.03 Å². The molecular formula is C8H9N3O2. The number of para-hydroxylation sites is 1. The van der Waals surface area contributed by atoms with Crippen LogP contribution in [0.2, 0.25) is 0 Å². The molecule has 0 fully saturated rings. The van der Waals surface area contributed by atoms with Gasteiger partial charge < -0.3 is 0 Å². The van der Waals surface area contributed by atoms with E-state index >= 15 is 0 Å². The lowest BCUT2D eigenvalue weighted by atomic mass is 10.1. The molecule has 1 aromatic carbocycles. The van der Waals surface area contributed by atoms with Crippen LogP contribution in [0.15, 0.2) is 24.3 Å². The van der Waals surface area contributed by atoms with Crippen LogP contribution in [0.5, 0.6) is 0 Å². The Bertz CT molecular complexity index is 340. The highest BCUT2D eigenvalue weighted by molar-refractivity contribution is 5.52. The van der Waals surface area contributed by atoms with Gasteiger partial charge in [0.1, 0.15) is 12.4 Å². The Kier molecular flexibility index (Phi) is 1.86. The molecule has 0 saturated carbocycles. The molecular weight excluding hydrogens is 170 g/mol. The number of fused-ring (bicyclic) bond motifs is 1. The minimum atomic E-state index is -0.398. The number of hydrazine groups is 1. The van der Waals surface area contributed by atoms with Crippen molar-refractivity contribution in [2.24, 2.45) is 0 Å². The second-order valence-electron chi connectivity index (χ2n) is 2.85. The van der Waals surface area contributed by atoms with E-state index in [9.17, 15) is 10.1 Å². The quantitative estimate of drug-likeness (QED) is 0.510. The van der Waals surface area contributed by atoms with Crippen LogP contribution in [-0.4, -0.2) is 11.7 Å². The second-order valence-corrected chi connectivity index (χ2v) is 2.85. The summed E-state index contributed by atoms with van der Waals surface area (Å²) < 4.78 is 0. The first-order chi connectivity index (χ1) is 6.29. The Labute approximate surface area is 75.1 Å². The summed E-state index contributed by atoms with van der Waals surface area (Å²) in [6.07, 6.45) is 0. The van der Waals surface area contributed by atoms with Gasteiger partial charge in [0.2, 0.25) is 0 Å². The van der Waals surface area contributed by atoms with Crippen molar-refractivity contribution in [2.75, 3.05) is 11.7 Å². The van der Waals surface area contributed by atoms with E-state index in [1.165, 1.54) is 0 Å². The standard InChI is InChI=1S/C8H9N3O2/c12-11(13)10-6-9-5-7-3-1-2-4-8(7)10/h1-4,9H,5-6H2. The van der Waals surface area contributed by atoms with Crippen LogP contribution in [-0.2, 0) is 6.54 Å². The van der Waals surface area contributed by atoms with Crippen LogP contribution < -0.4 is 10.3 Å². The van der Waals surface area contributed by atoms with Gasteiger partial charge >= 0.3 is 0 Å². The number of rotatable bonds is 1. The zero-order chi connectivity index (χ0) is 9.26. The van der Waals surface area contributed by atoms with Crippen LogP contribution in [0.25, 0.3) is 0 Å². The predicted molar refractivity (Wildman–Crippen MR) is 47.6 cm³/mol. The van der Waals surface area contributed by atoms with Crippen LogP contribution >= 0.6 is 0 Å². The number of hydrogen-bond donors (Lipinski definition) is 1. The van der Waals surface area contributed by atoms with Crippen molar-refractivity contribution in [3.63, 3.8) is 0 Å². The lowest BCUT2D eigenvalue weighted by Crippen LogP contribution is -2.42. The first-order valence-corrected chi connectivity index (χ1v) is 3.99. The lowest BCUT2D eigenvalue weighted by Gasteiger charge is -2.22. The van der Waals surface area contributed by atoms with Gasteiger partial charge in [-0.3, -0.25) is 5.32 Å². The topological polar surface area (TPSA) is 58.4 Å². The molecule has 0 amide bonds.